The van der Waals surface area contributed by atoms with E-state index >= 15 is 0 Å². The predicted molar refractivity (Wildman–Crippen MR) is 111 cm³/mol. The molecule has 2 N–H and O–H groups in total. The highest BCUT2D eigenvalue weighted by molar-refractivity contribution is 5.98. The molecule has 8 heteroatoms. The number of benzene rings is 1. The smallest absolute Gasteiger partial charge is 0.243 e. The van der Waals surface area contributed by atoms with Crippen LogP contribution in [0.5, 0.6) is 0 Å². The molecule has 3 amide bonds. The first-order chi connectivity index (χ1) is 14.0. The quantitative estimate of drug-likeness (QED) is 0.716. The van der Waals surface area contributed by atoms with E-state index in [1.165, 1.54) is 0 Å². The number of hydrogen-bond donors (Lipinski definition) is 2. The SMILES string of the molecule is CCN1CCN(CC(=O)N2CCNC(=O)[C@H]2CC(=O)Nc2ccccc2C)CC1. The number of amides is 3. The number of anilines is 1. The maximum absolute atomic E-state index is 12.9. The highest BCUT2D eigenvalue weighted by Crippen LogP contribution is 2.16. The maximum Gasteiger partial charge on any atom is 0.243 e. The number of nitrogens with zero attached hydrogens (tertiary/aromatic N) is 3. The maximum atomic E-state index is 12.9. The predicted octanol–water partition coefficient (Wildman–Crippen LogP) is 0.288. The summed E-state index contributed by atoms with van der Waals surface area (Å²) >= 11 is 0. The molecule has 0 aromatic heterocycles. The summed E-state index contributed by atoms with van der Waals surface area (Å²) in [5.41, 5.74) is 1.67. The van der Waals surface area contributed by atoms with Crippen LogP contribution in [0.3, 0.4) is 0 Å². The van der Waals surface area contributed by atoms with Crippen molar-refractivity contribution in [1.82, 2.24) is 20.0 Å². The van der Waals surface area contributed by atoms with E-state index < -0.39 is 6.04 Å². The van der Waals surface area contributed by atoms with Crippen LogP contribution in [0.25, 0.3) is 0 Å². The molecule has 0 spiro atoms. The number of nitrogens with one attached hydrogen (secondary N) is 2. The number of likely N-dealkylation sites (N-methyl/N-ethyl adjacent to an activating group) is 1. The van der Waals surface area contributed by atoms with Gasteiger partial charge in [-0.15, -0.1) is 0 Å². The normalized spacial score (nSPS) is 21.0. The van der Waals surface area contributed by atoms with Crippen molar-refractivity contribution in [2.45, 2.75) is 26.3 Å². The Balaban J connectivity index is 1.59. The van der Waals surface area contributed by atoms with E-state index in [0.29, 0.717) is 19.6 Å². The lowest BCUT2D eigenvalue weighted by Crippen LogP contribution is -2.60. The number of para-hydroxylation sites is 1. The van der Waals surface area contributed by atoms with Crippen molar-refractivity contribution in [1.29, 1.82) is 0 Å². The summed E-state index contributed by atoms with van der Waals surface area (Å²) in [5.74, 6) is -0.616. The van der Waals surface area contributed by atoms with Gasteiger partial charge in [0.1, 0.15) is 6.04 Å². The van der Waals surface area contributed by atoms with Crippen LogP contribution in [0, 0.1) is 6.92 Å². The average molecular weight is 402 g/mol. The summed E-state index contributed by atoms with van der Waals surface area (Å²) in [6, 6.07) is 6.73. The van der Waals surface area contributed by atoms with Gasteiger partial charge in [0, 0.05) is 45.0 Å². The lowest BCUT2D eigenvalue weighted by atomic mass is 10.1. The van der Waals surface area contributed by atoms with Crippen molar-refractivity contribution in [3.63, 3.8) is 0 Å². The number of carbonyl (C=O) groups is 3. The first-order valence-corrected chi connectivity index (χ1v) is 10.3. The number of aryl methyl sites for hydroxylation is 1. The Kier molecular flexibility index (Phi) is 7.22. The fraction of sp³-hybridized carbons (Fsp3) is 0.571. The first kappa shape index (κ1) is 21.3. The van der Waals surface area contributed by atoms with Gasteiger partial charge >= 0.3 is 0 Å². The summed E-state index contributed by atoms with van der Waals surface area (Å²) in [5, 5.41) is 5.64. The van der Waals surface area contributed by atoms with E-state index in [1.54, 1.807) is 4.90 Å². The number of rotatable bonds is 6. The molecule has 29 heavy (non-hydrogen) atoms. The summed E-state index contributed by atoms with van der Waals surface area (Å²) in [6.45, 7) is 9.81. The van der Waals surface area contributed by atoms with Crippen LogP contribution in [0.15, 0.2) is 24.3 Å². The molecule has 1 atom stereocenters. The van der Waals surface area contributed by atoms with Crippen LogP contribution >= 0.6 is 0 Å². The number of piperazine rings is 2. The van der Waals surface area contributed by atoms with Gasteiger partial charge in [-0.05, 0) is 25.1 Å². The van der Waals surface area contributed by atoms with Crippen LogP contribution < -0.4 is 10.6 Å². The van der Waals surface area contributed by atoms with Gasteiger partial charge in [-0.3, -0.25) is 19.3 Å². The van der Waals surface area contributed by atoms with Crippen LogP contribution in [-0.2, 0) is 14.4 Å². The van der Waals surface area contributed by atoms with E-state index in [1.807, 2.05) is 31.2 Å². The Morgan fingerprint density at radius 2 is 1.79 bits per heavy atom. The molecule has 8 nitrogen and oxygen atoms in total. The van der Waals surface area contributed by atoms with E-state index in [0.717, 1.165) is 44.0 Å². The monoisotopic (exact) mass is 401 g/mol. The van der Waals surface area contributed by atoms with Crippen molar-refractivity contribution < 1.29 is 14.4 Å². The third-order valence-electron chi connectivity index (χ3n) is 5.72. The third-order valence-corrected chi connectivity index (χ3v) is 5.72. The Labute approximate surface area is 172 Å². The van der Waals surface area contributed by atoms with Gasteiger partial charge in [0.25, 0.3) is 0 Å². The van der Waals surface area contributed by atoms with Crippen molar-refractivity contribution in [3.8, 4) is 0 Å². The molecule has 0 radical (unpaired) electrons. The molecule has 2 fully saturated rings. The van der Waals surface area contributed by atoms with Gasteiger partial charge in [-0.25, -0.2) is 0 Å². The molecular formula is C21H31N5O3. The molecule has 0 unspecified atom stereocenters. The highest BCUT2D eigenvalue weighted by Gasteiger charge is 2.35. The summed E-state index contributed by atoms with van der Waals surface area (Å²) in [4.78, 5) is 44.0. The van der Waals surface area contributed by atoms with Crippen molar-refractivity contribution in [3.05, 3.63) is 29.8 Å². The molecule has 2 heterocycles. The fourth-order valence-electron chi connectivity index (χ4n) is 3.85. The lowest BCUT2D eigenvalue weighted by molar-refractivity contribution is -0.145. The molecule has 1 aromatic rings. The molecule has 0 saturated carbocycles. The first-order valence-electron chi connectivity index (χ1n) is 10.3. The second-order valence-corrected chi connectivity index (χ2v) is 7.67. The van der Waals surface area contributed by atoms with Crippen LogP contribution in [0.4, 0.5) is 5.69 Å². The molecule has 2 saturated heterocycles. The zero-order valence-electron chi connectivity index (χ0n) is 17.3. The minimum atomic E-state index is -0.766. The minimum absolute atomic E-state index is 0.0461. The third kappa shape index (κ3) is 5.55. The fourth-order valence-corrected chi connectivity index (χ4v) is 3.85. The second kappa shape index (κ2) is 9.84. The van der Waals surface area contributed by atoms with E-state index in [9.17, 15) is 14.4 Å². The van der Waals surface area contributed by atoms with E-state index in [2.05, 4.69) is 27.4 Å². The minimum Gasteiger partial charge on any atom is -0.353 e. The van der Waals surface area contributed by atoms with Gasteiger partial charge in [0.05, 0.1) is 13.0 Å². The van der Waals surface area contributed by atoms with Gasteiger partial charge < -0.3 is 20.4 Å². The highest BCUT2D eigenvalue weighted by atomic mass is 16.2. The average Bonchev–Trinajstić information content (AvgIpc) is 2.71. The Bertz CT molecular complexity index is 746. The largest absolute Gasteiger partial charge is 0.353 e. The van der Waals surface area contributed by atoms with Crippen molar-refractivity contribution in [2.24, 2.45) is 0 Å². The van der Waals surface area contributed by atoms with Gasteiger partial charge in [0.15, 0.2) is 0 Å². The van der Waals surface area contributed by atoms with E-state index in [4.69, 9.17) is 0 Å². The summed E-state index contributed by atoms with van der Waals surface area (Å²) < 4.78 is 0. The van der Waals surface area contributed by atoms with Crippen molar-refractivity contribution >= 4 is 23.4 Å². The van der Waals surface area contributed by atoms with Crippen LogP contribution in [-0.4, -0.2) is 90.8 Å². The number of carbonyl (C=O) groups excluding carboxylic acids is 3. The summed E-state index contributed by atoms with van der Waals surface area (Å²) in [6.07, 6.45) is -0.0461. The molecule has 3 rings (SSSR count). The Morgan fingerprint density at radius 1 is 1.10 bits per heavy atom. The standard InChI is InChI=1S/C21H31N5O3/c1-3-24-10-12-25(13-11-24)15-20(28)26-9-8-22-21(29)18(26)14-19(27)23-17-7-5-4-6-16(17)2/h4-7,18H,3,8-15H2,1-2H3,(H,22,29)(H,23,27)/t18-/m1/s1. The molecule has 0 aliphatic carbocycles. The molecular weight excluding hydrogens is 370 g/mol. The molecule has 158 valence electrons. The molecule has 1 aromatic carbocycles. The topological polar surface area (TPSA) is 85.0 Å². The Morgan fingerprint density at radius 3 is 2.48 bits per heavy atom. The number of hydrogen-bond acceptors (Lipinski definition) is 5. The van der Waals surface area contributed by atoms with Crippen LogP contribution in [0.2, 0.25) is 0 Å². The van der Waals surface area contributed by atoms with Gasteiger partial charge in [-0.1, -0.05) is 25.1 Å². The van der Waals surface area contributed by atoms with Gasteiger partial charge in [0.2, 0.25) is 17.7 Å². The van der Waals surface area contributed by atoms with E-state index in [-0.39, 0.29) is 24.1 Å². The molecule has 2 aliphatic rings. The van der Waals surface area contributed by atoms with Gasteiger partial charge in [-0.2, -0.15) is 0 Å². The zero-order chi connectivity index (χ0) is 20.8. The summed E-state index contributed by atoms with van der Waals surface area (Å²) in [7, 11) is 0. The lowest BCUT2D eigenvalue weighted by Gasteiger charge is -2.38. The molecule has 0 bridgehead atoms. The second-order valence-electron chi connectivity index (χ2n) is 7.67. The zero-order valence-corrected chi connectivity index (χ0v) is 17.3. The van der Waals surface area contributed by atoms with Crippen molar-refractivity contribution in [2.75, 3.05) is 57.7 Å². The molecule has 2 aliphatic heterocycles. The Hall–Kier alpha value is -2.45. The van der Waals surface area contributed by atoms with Crippen LogP contribution in [0.1, 0.15) is 18.9 Å².